The number of aliphatic hydroxyl groups excluding tert-OH is 1. The number of hydrogen-bond donors (Lipinski definition) is 4. The number of nitrogens with two attached hydrogens (primary N) is 1. The van der Waals surface area contributed by atoms with E-state index in [4.69, 9.17) is 15.7 Å². The number of hydrogen-bond acceptors (Lipinski definition) is 7. The minimum atomic E-state index is -0.00646. The largest absolute Gasteiger partial charge is 0.396 e. The molecule has 1 rings (SSSR count). The van der Waals surface area contributed by atoms with E-state index in [2.05, 4.69) is 20.7 Å². The van der Waals surface area contributed by atoms with Gasteiger partial charge in [-0.15, -0.1) is 0 Å². The predicted octanol–water partition coefficient (Wildman–Crippen LogP) is 0.695. The van der Waals surface area contributed by atoms with Crippen molar-refractivity contribution >= 4 is 11.6 Å². The molecule has 0 aliphatic rings. The zero-order valence-electron chi connectivity index (χ0n) is 11.7. The number of aromatic nitrogens is 2. The van der Waals surface area contributed by atoms with Crippen LogP contribution in [0.3, 0.4) is 0 Å². The third-order valence-electron chi connectivity index (χ3n) is 2.78. The number of nitrogens with zero attached hydrogens (tertiary/aromatic N) is 2. The monoisotopic (exact) mass is 269 g/mol. The molecule has 7 heteroatoms. The van der Waals surface area contributed by atoms with Crippen molar-refractivity contribution in [2.24, 2.45) is 5.84 Å². The fourth-order valence-electron chi connectivity index (χ4n) is 1.92. The minimum Gasteiger partial charge on any atom is -0.396 e. The number of ether oxygens (including phenoxy) is 1. The molecule has 0 spiro atoms. The molecule has 1 unspecified atom stereocenters. The van der Waals surface area contributed by atoms with Crippen molar-refractivity contribution in [3.05, 3.63) is 11.9 Å². The number of aliphatic hydroxyl groups is 1. The molecule has 0 saturated carbocycles. The van der Waals surface area contributed by atoms with Gasteiger partial charge in [0.2, 0.25) is 0 Å². The Hall–Kier alpha value is -1.44. The molecule has 1 heterocycles. The summed E-state index contributed by atoms with van der Waals surface area (Å²) in [5.74, 6) is 7.01. The van der Waals surface area contributed by atoms with Crippen LogP contribution in [0.2, 0.25) is 0 Å². The first-order valence-electron chi connectivity index (χ1n) is 6.31. The predicted molar refractivity (Wildman–Crippen MR) is 74.9 cm³/mol. The van der Waals surface area contributed by atoms with Crippen LogP contribution in [0.1, 0.15) is 31.7 Å². The quantitative estimate of drug-likeness (QED) is 0.406. The van der Waals surface area contributed by atoms with Gasteiger partial charge in [0.1, 0.15) is 18.0 Å². The van der Waals surface area contributed by atoms with Gasteiger partial charge in [-0.25, -0.2) is 15.8 Å². The van der Waals surface area contributed by atoms with E-state index in [1.54, 1.807) is 7.11 Å². The summed E-state index contributed by atoms with van der Waals surface area (Å²) in [5, 5.41) is 12.3. The van der Waals surface area contributed by atoms with Gasteiger partial charge in [-0.05, 0) is 12.3 Å². The Balaban J connectivity index is 2.98. The first-order valence-corrected chi connectivity index (χ1v) is 6.31. The van der Waals surface area contributed by atoms with Crippen molar-refractivity contribution in [3.63, 3.8) is 0 Å². The first-order chi connectivity index (χ1) is 9.13. The molecule has 1 atom stereocenters. The number of nitrogen functional groups attached to an aromatic ring is 1. The maximum absolute atomic E-state index is 9.06. The summed E-state index contributed by atoms with van der Waals surface area (Å²) in [4.78, 5) is 8.37. The second-order valence-electron chi connectivity index (χ2n) is 4.59. The lowest BCUT2D eigenvalue weighted by Gasteiger charge is -2.21. The second kappa shape index (κ2) is 7.88. The van der Waals surface area contributed by atoms with E-state index >= 15 is 0 Å². The molecular weight excluding hydrogens is 246 g/mol. The van der Waals surface area contributed by atoms with Gasteiger partial charge in [0.15, 0.2) is 0 Å². The van der Waals surface area contributed by atoms with Crippen molar-refractivity contribution < 1.29 is 9.84 Å². The Morgan fingerprint density at radius 2 is 2.05 bits per heavy atom. The molecule has 0 radical (unpaired) electrons. The van der Waals surface area contributed by atoms with E-state index < -0.39 is 0 Å². The summed E-state index contributed by atoms with van der Waals surface area (Å²) in [6.45, 7) is 4.67. The van der Waals surface area contributed by atoms with Gasteiger partial charge in [0.05, 0.1) is 12.6 Å². The summed E-state index contributed by atoms with van der Waals surface area (Å²) in [6.07, 6.45) is 2.03. The van der Waals surface area contributed by atoms with Crippen LogP contribution in [-0.4, -0.2) is 41.4 Å². The number of anilines is 2. The van der Waals surface area contributed by atoms with Gasteiger partial charge in [0.25, 0.3) is 0 Å². The Bertz CT molecular complexity index is 380. The molecule has 0 saturated heterocycles. The zero-order valence-corrected chi connectivity index (χ0v) is 11.7. The Labute approximate surface area is 113 Å². The highest BCUT2D eigenvalue weighted by molar-refractivity contribution is 5.58. The third kappa shape index (κ3) is 4.30. The lowest BCUT2D eigenvalue weighted by atomic mass is 10.0. The second-order valence-corrected chi connectivity index (χ2v) is 4.59. The van der Waals surface area contributed by atoms with Gasteiger partial charge >= 0.3 is 0 Å². The summed E-state index contributed by atoms with van der Waals surface area (Å²) >= 11 is 0. The molecule has 19 heavy (non-hydrogen) atoms. The van der Waals surface area contributed by atoms with E-state index in [1.807, 2.05) is 13.8 Å². The normalized spacial score (nSPS) is 12.5. The lowest BCUT2D eigenvalue weighted by molar-refractivity contribution is 0.170. The molecule has 108 valence electrons. The van der Waals surface area contributed by atoms with Crippen LogP contribution in [0.5, 0.6) is 0 Å². The van der Waals surface area contributed by atoms with Crippen LogP contribution in [0.4, 0.5) is 11.6 Å². The summed E-state index contributed by atoms with van der Waals surface area (Å²) in [6, 6.07) is -0.00646. The molecule has 7 nitrogen and oxygen atoms in total. The number of hydrazine groups is 1. The average Bonchev–Trinajstić information content (AvgIpc) is 2.38. The standard InChI is InChI=1S/C12H23N5O2/c1-8(2)10-11(14-7-15-12(10)17-13)16-9(4-5-18)6-19-3/h7-9,18H,4-6,13H2,1-3H3,(H2,14,15,16,17). The van der Waals surface area contributed by atoms with Gasteiger partial charge in [-0.2, -0.15) is 0 Å². The fraction of sp³-hybridized carbons (Fsp3) is 0.667. The van der Waals surface area contributed by atoms with E-state index in [1.165, 1.54) is 6.33 Å². The zero-order chi connectivity index (χ0) is 14.3. The molecule has 1 aromatic heterocycles. The molecule has 0 bridgehead atoms. The molecule has 0 aliphatic carbocycles. The highest BCUT2D eigenvalue weighted by Crippen LogP contribution is 2.28. The topological polar surface area (TPSA) is 105 Å². The maximum atomic E-state index is 9.06. The third-order valence-corrected chi connectivity index (χ3v) is 2.78. The van der Waals surface area contributed by atoms with Crippen LogP contribution in [-0.2, 0) is 4.74 Å². The Kier molecular flexibility index (Phi) is 6.48. The number of nitrogens with one attached hydrogen (secondary N) is 2. The van der Waals surface area contributed by atoms with Gasteiger partial charge in [0, 0.05) is 19.3 Å². The van der Waals surface area contributed by atoms with E-state index in [0.717, 1.165) is 5.56 Å². The van der Waals surface area contributed by atoms with Crippen molar-refractivity contribution in [1.82, 2.24) is 9.97 Å². The number of rotatable bonds is 8. The van der Waals surface area contributed by atoms with Crippen LogP contribution >= 0.6 is 0 Å². The summed E-state index contributed by atoms with van der Waals surface area (Å²) < 4.78 is 5.13. The number of methoxy groups -OCH3 is 1. The van der Waals surface area contributed by atoms with Crippen molar-refractivity contribution in [2.45, 2.75) is 32.2 Å². The van der Waals surface area contributed by atoms with Crippen LogP contribution in [0.15, 0.2) is 6.33 Å². The maximum Gasteiger partial charge on any atom is 0.148 e. The summed E-state index contributed by atoms with van der Waals surface area (Å²) in [5.41, 5.74) is 3.50. The minimum absolute atomic E-state index is 0.00646. The van der Waals surface area contributed by atoms with E-state index in [-0.39, 0.29) is 18.6 Å². The lowest BCUT2D eigenvalue weighted by Crippen LogP contribution is -2.28. The van der Waals surface area contributed by atoms with Crippen LogP contribution in [0, 0.1) is 0 Å². The molecule has 0 fully saturated rings. The van der Waals surface area contributed by atoms with Gasteiger partial charge < -0.3 is 20.6 Å². The fourth-order valence-corrected chi connectivity index (χ4v) is 1.92. The highest BCUT2D eigenvalue weighted by atomic mass is 16.5. The average molecular weight is 269 g/mol. The van der Waals surface area contributed by atoms with Gasteiger partial charge in [-0.3, -0.25) is 0 Å². The Morgan fingerprint density at radius 3 is 2.58 bits per heavy atom. The Morgan fingerprint density at radius 1 is 1.37 bits per heavy atom. The van der Waals surface area contributed by atoms with Crippen molar-refractivity contribution in [3.8, 4) is 0 Å². The SMILES string of the molecule is COCC(CCO)Nc1ncnc(NN)c1C(C)C. The highest BCUT2D eigenvalue weighted by Gasteiger charge is 2.17. The van der Waals surface area contributed by atoms with E-state index in [9.17, 15) is 0 Å². The van der Waals surface area contributed by atoms with Crippen LogP contribution < -0.4 is 16.6 Å². The molecule has 0 aliphatic heterocycles. The molecule has 1 aromatic rings. The summed E-state index contributed by atoms with van der Waals surface area (Å²) in [7, 11) is 1.63. The van der Waals surface area contributed by atoms with Crippen molar-refractivity contribution in [2.75, 3.05) is 31.1 Å². The molecule has 5 N–H and O–H groups in total. The van der Waals surface area contributed by atoms with Crippen molar-refractivity contribution in [1.29, 1.82) is 0 Å². The van der Waals surface area contributed by atoms with Gasteiger partial charge in [-0.1, -0.05) is 13.8 Å². The first kappa shape index (κ1) is 15.6. The molecule has 0 aromatic carbocycles. The smallest absolute Gasteiger partial charge is 0.148 e. The van der Waals surface area contributed by atoms with E-state index in [0.29, 0.717) is 24.7 Å². The molecular formula is C12H23N5O2. The molecule has 0 amide bonds. The van der Waals surface area contributed by atoms with Crippen LogP contribution in [0.25, 0.3) is 0 Å².